The first-order chi connectivity index (χ1) is 9.54. The molecule has 0 aliphatic heterocycles. The van der Waals surface area contributed by atoms with E-state index in [1.165, 1.54) is 11.3 Å². The molecule has 0 radical (unpaired) electrons. The molecule has 0 spiro atoms. The number of carboxylic acids is 1. The van der Waals surface area contributed by atoms with Crippen molar-refractivity contribution in [2.75, 3.05) is 6.54 Å². The molecule has 0 bridgehead atoms. The number of carbonyl (C=O) groups is 2. The average molecular weight is 299 g/mol. The number of unbranched alkanes of at least 4 members (excludes halogenated alkanes) is 1. The standard InChI is InChI=1S/C13H21N3O3S/c1-3-4-5-10(12(17)18)16-13(19)15-8-9(2)11-14-6-7-20-11/h6-7,9-10H,3-5,8H2,1-2H3,(H,17,18)(H2,15,16,19)/t9?,10-/m0/s1. The van der Waals surface area contributed by atoms with Gasteiger partial charge in [-0.25, -0.2) is 14.6 Å². The Balaban J connectivity index is 2.36. The molecule has 0 aromatic carbocycles. The quantitative estimate of drug-likeness (QED) is 0.686. The zero-order valence-electron chi connectivity index (χ0n) is 11.8. The Morgan fingerprint density at radius 1 is 1.50 bits per heavy atom. The van der Waals surface area contributed by atoms with Crippen LogP contribution in [0, 0.1) is 0 Å². The molecule has 112 valence electrons. The van der Waals surface area contributed by atoms with Crippen molar-refractivity contribution in [1.29, 1.82) is 0 Å². The first-order valence-corrected chi connectivity index (χ1v) is 7.59. The van der Waals surface area contributed by atoms with E-state index < -0.39 is 18.0 Å². The van der Waals surface area contributed by atoms with E-state index in [0.29, 0.717) is 13.0 Å². The predicted octanol–water partition coefficient (Wildman–Crippen LogP) is 2.19. The highest BCUT2D eigenvalue weighted by Gasteiger charge is 2.19. The van der Waals surface area contributed by atoms with E-state index in [1.54, 1.807) is 6.20 Å². The third kappa shape index (κ3) is 5.56. The number of nitrogens with zero attached hydrogens (tertiary/aromatic N) is 1. The second-order valence-corrected chi connectivity index (χ2v) is 5.58. The minimum Gasteiger partial charge on any atom is -0.480 e. The number of amides is 2. The van der Waals surface area contributed by atoms with Crippen LogP contribution in [0.15, 0.2) is 11.6 Å². The normalized spacial score (nSPS) is 13.5. The fourth-order valence-electron chi connectivity index (χ4n) is 1.69. The van der Waals surface area contributed by atoms with Crippen LogP contribution < -0.4 is 10.6 Å². The van der Waals surface area contributed by atoms with Crippen molar-refractivity contribution in [3.8, 4) is 0 Å². The number of hydrogen-bond donors (Lipinski definition) is 3. The van der Waals surface area contributed by atoms with Crippen LogP contribution >= 0.6 is 11.3 Å². The summed E-state index contributed by atoms with van der Waals surface area (Å²) >= 11 is 1.54. The Kier molecular flexibility index (Phi) is 7.00. The number of urea groups is 1. The summed E-state index contributed by atoms with van der Waals surface area (Å²) in [7, 11) is 0. The molecule has 0 aliphatic rings. The molecule has 1 rings (SSSR count). The highest BCUT2D eigenvalue weighted by atomic mass is 32.1. The first-order valence-electron chi connectivity index (χ1n) is 6.71. The lowest BCUT2D eigenvalue weighted by molar-refractivity contribution is -0.139. The van der Waals surface area contributed by atoms with Gasteiger partial charge in [-0.05, 0) is 6.42 Å². The van der Waals surface area contributed by atoms with Crippen molar-refractivity contribution < 1.29 is 14.7 Å². The topological polar surface area (TPSA) is 91.3 Å². The molecule has 6 nitrogen and oxygen atoms in total. The van der Waals surface area contributed by atoms with Gasteiger partial charge >= 0.3 is 12.0 Å². The summed E-state index contributed by atoms with van der Waals surface area (Å²) in [4.78, 5) is 26.9. The highest BCUT2D eigenvalue weighted by molar-refractivity contribution is 7.09. The molecule has 1 aromatic rings. The van der Waals surface area contributed by atoms with Gasteiger partial charge in [-0.2, -0.15) is 0 Å². The van der Waals surface area contributed by atoms with E-state index in [0.717, 1.165) is 17.8 Å². The molecule has 0 saturated heterocycles. The van der Waals surface area contributed by atoms with Crippen LogP contribution in [0.5, 0.6) is 0 Å². The van der Waals surface area contributed by atoms with Gasteiger partial charge in [-0.3, -0.25) is 0 Å². The number of hydrogen-bond acceptors (Lipinski definition) is 4. The third-order valence-corrected chi connectivity index (χ3v) is 3.90. The molecule has 1 heterocycles. The Morgan fingerprint density at radius 3 is 2.80 bits per heavy atom. The second-order valence-electron chi connectivity index (χ2n) is 4.66. The van der Waals surface area contributed by atoms with Gasteiger partial charge in [0.1, 0.15) is 6.04 Å². The van der Waals surface area contributed by atoms with Crippen LogP contribution in [0.3, 0.4) is 0 Å². The number of carboxylic acid groups (broad SMARTS) is 1. The first kappa shape index (κ1) is 16.4. The number of rotatable bonds is 8. The van der Waals surface area contributed by atoms with Crippen molar-refractivity contribution in [1.82, 2.24) is 15.6 Å². The van der Waals surface area contributed by atoms with Gasteiger partial charge in [0.15, 0.2) is 0 Å². The molecule has 1 unspecified atom stereocenters. The lowest BCUT2D eigenvalue weighted by Crippen LogP contribution is -2.46. The van der Waals surface area contributed by atoms with Crippen molar-refractivity contribution in [2.45, 2.75) is 45.1 Å². The fourth-order valence-corrected chi connectivity index (χ4v) is 2.38. The zero-order chi connectivity index (χ0) is 15.0. The monoisotopic (exact) mass is 299 g/mol. The lowest BCUT2D eigenvalue weighted by atomic mass is 10.1. The Hall–Kier alpha value is -1.63. The van der Waals surface area contributed by atoms with Gasteiger partial charge < -0.3 is 15.7 Å². The molecule has 1 aromatic heterocycles. The van der Waals surface area contributed by atoms with Crippen LogP contribution in [0.2, 0.25) is 0 Å². The van der Waals surface area contributed by atoms with Gasteiger partial charge in [-0.15, -0.1) is 11.3 Å². The maximum absolute atomic E-state index is 11.7. The summed E-state index contributed by atoms with van der Waals surface area (Å²) < 4.78 is 0. The number of aliphatic carboxylic acids is 1. The molecule has 2 atom stereocenters. The second kappa shape index (κ2) is 8.52. The van der Waals surface area contributed by atoms with Crippen LogP contribution in [-0.4, -0.2) is 34.7 Å². The number of thiazole rings is 1. The Bertz CT molecular complexity index is 423. The molecule has 2 amide bonds. The van der Waals surface area contributed by atoms with Gasteiger partial charge in [0, 0.05) is 24.0 Å². The van der Waals surface area contributed by atoms with Crippen molar-refractivity contribution in [3.63, 3.8) is 0 Å². The van der Waals surface area contributed by atoms with Crippen LogP contribution in [-0.2, 0) is 4.79 Å². The molecular weight excluding hydrogens is 278 g/mol. The van der Waals surface area contributed by atoms with Gasteiger partial charge in [0.2, 0.25) is 0 Å². The molecule has 0 fully saturated rings. The Morgan fingerprint density at radius 2 is 2.25 bits per heavy atom. The summed E-state index contributed by atoms with van der Waals surface area (Å²) in [6.45, 7) is 4.37. The largest absolute Gasteiger partial charge is 0.480 e. The molecule has 0 saturated carbocycles. The van der Waals surface area contributed by atoms with Crippen molar-refractivity contribution >= 4 is 23.3 Å². The highest BCUT2D eigenvalue weighted by Crippen LogP contribution is 2.16. The van der Waals surface area contributed by atoms with Crippen molar-refractivity contribution in [2.24, 2.45) is 0 Å². The number of aromatic nitrogens is 1. The van der Waals surface area contributed by atoms with E-state index >= 15 is 0 Å². The van der Waals surface area contributed by atoms with Gasteiger partial charge in [-0.1, -0.05) is 26.7 Å². The molecule has 3 N–H and O–H groups in total. The average Bonchev–Trinajstić information content (AvgIpc) is 2.94. The summed E-state index contributed by atoms with van der Waals surface area (Å²) in [5, 5.41) is 17.0. The third-order valence-electron chi connectivity index (χ3n) is 2.89. The number of nitrogens with one attached hydrogen (secondary N) is 2. The molecular formula is C13H21N3O3S. The zero-order valence-corrected chi connectivity index (χ0v) is 12.6. The minimum absolute atomic E-state index is 0.111. The van der Waals surface area contributed by atoms with Crippen molar-refractivity contribution in [3.05, 3.63) is 16.6 Å². The fraction of sp³-hybridized carbons (Fsp3) is 0.615. The van der Waals surface area contributed by atoms with E-state index in [4.69, 9.17) is 5.11 Å². The van der Waals surface area contributed by atoms with E-state index in [2.05, 4.69) is 15.6 Å². The molecule has 0 aliphatic carbocycles. The van der Waals surface area contributed by atoms with Crippen LogP contribution in [0.1, 0.15) is 44.0 Å². The number of carbonyl (C=O) groups excluding carboxylic acids is 1. The van der Waals surface area contributed by atoms with Gasteiger partial charge in [0.25, 0.3) is 0 Å². The summed E-state index contributed by atoms with van der Waals surface area (Å²) in [5.41, 5.74) is 0. The van der Waals surface area contributed by atoms with Gasteiger partial charge in [0.05, 0.1) is 5.01 Å². The van der Waals surface area contributed by atoms with E-state index in [1.807, 2.05) is 19.2 Å². The maximum Gasteiger partial charge on any atom is 0.326 e. The van der Waals surface area contributed by atoms with E-state index in [9.17, 15) is 9.59 Å². The minimum atomic E-state index is -0.999. The van der Waals surface area contributed by atoms with Crippen LogP contribution in [0.25, 0.3) is 0 Å². The lowest BCUT2D eigenvalue weighted by Gasteiger charge is -2.16. The molecule has 20 heavy (non-hydrogen) atoms. The summed E-state index contributed by atoms with van der Waals surface area (Å²) in [6.07, 6.45) is 3.84. The summed E-state index contributed by atoms with van der Waals surface area (Å²) in [5.74, 6) is -0.888. The molecule has 7 heteroatoms. The predicted molar refractivity (Wildman–Crippen MR) is 78.0 cm³/mol. The smallest absolute Gasteiger partial charge is 0.326 e. The summed E-state index contributed by atoms with van der Waals surface area (Å²) in [6, 6.07) is -1.28. The maximum atomic E-state index is 11.7. The van der Waals surface area contributed by atoms with Crippen LogP contribution in [0.4, 0.5) is 4.79 Å². The SMILES string of the molecule is CCCC[C@H](NC(=O)NCC(C)c1nccs1)C(=O)O. The van der Waals surface area contributed by atoms with E-state index in [-0.39, 0.29) is 5.92 Å². The Labute approximate surface area is 122 Å².